The molecule has 132 valence electrons. The molecule has 1 aliphatic heterocycles. The Hall–Kier alpha value is -2.27. The Balaban J connectivity index is 1.45. The number of amides is 1. The zero-order valence-electron chi connectivity index (χ0n) is 14.3. The Morgan fingerprint density at radius 1 is 1.24 bits per heavy atom. The average molecular weight is 341 g/mol. The van der Waals surface area contributed by atoms with E-state index in [9.17, 15) is 9.18 Å². The number of nitrogens with zero attached hydrogens (tertiary/aromatic N) is 2. The Morgan fingerprint density at radius 3 is 2.92 bits per heavy atom. The van der Waals surface area contributed by atoms with Gasteiger partial charge in [0.25, 0.3) is 0 Å². The van der Waals surface area contributed by atoms with Gasteiger partial charge in [-0.05, 0) is 49.1 Å². The fourth-order valence-corrected chi connectivity index (χ4v) is 3.35. The van der Waals surface area contributed by atoms with Crippen LogP contribution in [0, 0.1) is 5.82 Å². The summed E-state index contributed by atoms with van der Waals surface area (Å²) >= 11 is 0. The molecule has 1 N–H and O–H groups in total. The summed E-state index contributed by atoms with van der Waals surface area (Å²) < 4.78 is 13.7. The molecule has 0 spiro atoms. The van der Waals surface area contributed by atoms with E-state index in [1.165, 1.54) is 6.07 Å². The fraction of sp³-hybridized carbons (Fsp3) is 0.400. The molecule has 1 aromatic heterocycles. The largest absolute Gasteiger partial charge is 0.339 e. The van der Waals surface area contributed by atoms with Crippen LogP contribution in [0.25, 0.3) is 0 Å². The van der Waals surface area contributed by atoms with Crippen LogP contribution in [0.2, 0.25) is 0 Å². The van der Waals surface area contributed by atoms with E-state index >= 15 is 0 Å². The van der Waals surface area contributed by atoms with Gasteiger partial charge in [0, 0.05) is 37.9 Å². The monoisotopic (exact) mass is 341 g/mol. The number of hydrogen-bond acceptors (Lipinski definition) is 3. The first-order valence-electron chi connectivity index (χ1n) is 8.86. The summed E-state index contributed by atoms with van der Waals surface area (Å²) in [6, 6.07) is 11.0. The van der Waals surface area contributed by atoms with E-state index in [-0.39, 0.29) is 17.8 Å². The first-order valence-corrected chi connectivity index (χ1v) is 8.86. The van der Waals surface area contributed by atoms with Crippen molar-refractivity contribution in [3.05, 3.63) is 65.7 Å². The summed E-state index contributed by atoms with van der Waals surface area (Å²) in [6.07, 6.45) is 6.60. The van der Waals surface area contributed by atoms with Gasteiger partial charge in [0.15, 0.2) is 0 Å². The Labute approximate surface area is 148 Å². The third kappa shape index (κ3) is 4.86. The van der Waals surface area contributed by atoms with E-state index in [1.54, 1.807) is 18.3 Å². The quantitative estimate of drug-likeness (QED) is 0.751. The predicted octanol–water partition coefficient (Wildman–Crippen LogP) is 2.93. The highest BCUT2D eigenvalue weighted by Gasteiger charge is 2.30. The topological polar surface area (TPSA) is 45.2 Å². The van der Waals surface area contributed by atoms with Crippen LogP contribution in [0.15, 0.2) is 48.8 Å². The highest BCUT2D eigenvalue weighted by molar-refractivity contribution is 5.78. The molecule has 1 aromatic carbocycles. The third-order valence-corrected chi connectivity index (χ3v) is 4.74. The van der Waals surface area contributed by atoms with E-state index in [0.29, 0.717) is 24.9 Å². The number of carbonyl (C=O) groups is 1. The Morgan fingerprint density at radius 2 is 2.12 bits per heavy atom. The van der Waals surface area contributed by atoms with Gasteiger partial charge in [-0.1, -0.05) is 24.3 Å². The second-order valence-electron chi connectivity index (χ2n) is 6.45. The second-order valence-corrected chi connectivity index (χ2v) is 6.45. The van der Waals surface area contributed by atoms with Crippen LogP contribution < -0.4 is 5.32 Å². The molecule has 0 unspecified atom stereocenters. The zero-order chi connectivity index (χ0) is 17.5. The van der Waals surface area contributed by atoms with Crippen LogP contribution in [0.1, 0.15) is 30.4 Å². The van der Waals surface area contributed by atoms with Gasteiger partial charge in [0.2, 0.25) is 5.91 Å². The normalized spacial score (nSPS) is 17.2. The summed E-state index contributed by atoms with van der Waals surface area (Å²) in [5.74, 6) is -0.00238. The molecule has 1 amide bonds. The molecular weight excluding hydrogens is 317 g/mol. The minimum absolute atomic E-state index is 0.189. The van der Waals surface area contributed by atoms with Crippen LogP contribution in [-0.4, -0.2) is 34.9 Å². The number of nitrogens with one attached hydrogen (secondary N) is 1. The maximum atomic E-state index is 13.7. The van der Waals surface area contributed by atoms with E-state index in [0.717, 1.165) is 31.5 Å². The van der Waals surface area contributed by atoms with E-state index < -0.39 is 0 Å². The highest BCUT2D eigenvalue weighted by Crippen LogP contribution is 2.22. The fourth-order valence-electron chi connectivity index (χ4n) is 3.35. The molecule has 5 heteroatoms. The number of halogens is 1. The molecule has 3 rings (SSSR count). The lowest BCUT2D eigenvalue weighted by Gasteiger charge is -2.25. The molecule has 0 saturated carbocycles. The van der Waals surface area contributed by atoms with Gasteiger partial charge in [-0.3, -0.25) is 9.78 Å². The lowest BCUT2D eigenvalue weighted by molar-refractivity contribution is -0.129. The van der Waals surface area contributed by atoms with Crippen molar-refractivity contribution in [1.29, 1.82) is 0 Å². The second kappa shape index (κ2) is 8.72. The first kappa shape index (κ1) is 17.5. The van der Waals surface area contributed by atoms with Crippen molar-refractivity contribution in [2.45, 2.75) is 38.3 Å². The minimum atomic E-state index is -0.191. The lowest BCUT2D eigenvalue weighted by atomic mass is 10.1. The average Bonchev–Trinajstić information content (AvgIpc) is 2.99. The van der Waals surface area contributed by atoms with Crippen molar-refractivity contribution in [3.8, 4) is 0 Å². The molecule has 1 atom stereocenters. The van der Waals surface area contributed by atoms with Gasteiger partial charge in [-0.15, -0.1) is 0 Å². The first-order chi connectivity index (χ1) is 12.2. The molecule has 4 nitrogen and oxygen atoms in total. The number of rotatable bonds is 8. The smallest absolute Gasteiger partial charge is 0.222 e. The summed E-state index contributed by atoms with van der Waals surface area (Å²) in [7, 11) is 0. The maximum absolute atomic E-state index is 13.7. The van der Waals surface area contributed by atoms with Crippen molar-refractivity contribution < 1.29 is 9.18 Å². The van der Waals surface area contributed by atoms with E-state index in [4.69, 9.17) is 0 Å². The van der Waals surface area contributed by atoms with Gasteiger partial charge in [0.1, 0.15) is 5.82 Å². The summed E-state index contributed by atoms with van der Waals surface area (Å²) in [4.78, 5) is 18.2. The number of aromatic nitrogens is 1. The van der Waals surface area contributed by atoms with Gasteiger partial charge in [-0.25, -0.2) is 4.39 Å². The SMILES string of the molecule is O=C1CC[C@@H](CCNCc2cccnc2)N1CCc1ccccc1F. The highest BCUT2D eigenvalue weighted by atomic mass is 19.1. The Kier molecular flexibility index (Phi) is 6.12. The summed E-state index contributed by atoms with van der Waals surface area (Å²) in [5, 5.41) is 3.41. The maximum Gasteiger partial charge on any atom is 0.222 e. The van der Waals surface area contributed by atoms with Crippen molar-refractivity contribution in [2.75, 3.05) is 13.1 Å². The van der Waals surface area contributed by atoms with E-state index in [1.807, 2.05) is 29.3 Å². The molecule has 0 bridgehead atoms. The van der Waals surface area contributed by atoms with Crippen molar-refractivity contribution in [3.63, 3.8) is 0 Å². The lowest BCUT2D eigenvalue weighted by Crippen LogP contribution is -2.36. The standard InChI is InChI=1S/C20H24FN3O/c21-19-6-2-1-5-17(19)10-13-24-18(7-8-20(24)25)9-12-23-15-16-4-3-11-22-14-16/h1-6,11,14,18,23H,7-10,12-13,15H2/t18-/m0/s1. The van der Waals surface area contributed by atoms with Crippen LogP contribution in [0.5, 0.6) is 0 Å². The third-order valence-electron chi connectivity index (χ3n) is 4.74. The number of likely N-dealkylation sites (tertiary alicyclic amines) is 1. The van der Waals surface area contributed by atoms with Crippen molar-refractivity contribution in [2.24, 2.45) is 0 Å². The number of pyridine rings is 1. The van der Waals surface area contributed by atoms with Crippen LogP contribution >= 0.6 is 0 Å². The molecule has 1 fully saturated rings. The van der Waals surface area contributed by atoms with Crippen molar-refractivity contribution in [1.82, 2.24) is 15.2 Å². The number of benzene rings is 1. The minimum Gasteiger partial charge on any atom is -0.339 e. The van der Waals surface area contributed by atoms with Gasteiger partial charge < -0.3 is 10.2 Å². The molecule has 25 heavy (non-hydrogen) atoms. The summed E-state index contributed by atoms with van der Waals surface area (Å²) in [5.41, 5.74) is 1.83. The molecule has 1 aliphatic rings. The Bertz CT molecular complexity index is 692. The predicted molar refractivity (Wildman–Crippen MR) is 95.4 cm³/mol. The van der Waals surface area contributed by atoms with Gasteiger partial charge in [0.05, 0.1) is 0 Å². The summed E-state index contributed by atoms with van der Waals surface area (Å²) in [6.45, 7) is 2.22. The number of carbonyl (C=O) groups excluding carboxylic acids is 1. The molecule has 2 heterocycles. The number of hydrogen-bond donors (Lipinski definition) is 1. The molecule has 2 aromatic rings. The van der Waals surface area contributed by atoms with Crippen LogP contribution in [-0.2, 0) is 17.8 Å². The van der Waals surface area contributed by atoms with E-state index in [2.05, 4.69) is 10.3 Å². The molecule has 0 radical (unpaired) electrons. The molecular formula is C20H24FN3O. The van der Waals surface area contributed by atoms with Crippen LogP contribution in [0.3, 0.4) is 0 Å². The zero-order valence-corrected chi connectivity index (χ0v) is 14.3. The molecule has 1 saturated heterocycles. The van der Waals surface area contributed by atoms with Gasteiger partial charge >= 0.3 is 0 Å². The molecule has 0 aliphatic carbocycles. The van der Waals surface area contributed by atoms with Crippen LogP contribution in [0.4, 0.5) is 4.39 Å². The van der Waals surface area contributed by atoms with Crippen molar-refractivity contribution >= 4 is 5.91 Å². The van der Waals surface area contributed by atoms with Gasteiger partial charge in [-0.2, -0.15) is 0 Å².